The molecule has 0 saturated heterocycles. The molecule has 1 aromatic carbocycles. The van der Waals surface area contributed by atoms with Gasteiger partial charge in [0.15, 0.2) is 0 Å². The summed E-state index contributed by atoms with van der Waals surface area (Å²) in [5.41, 5.74) is 8.48. The molecule has 15 heavy (non-hydrogen) atoms. The molecule has 2 heteroatoms. The molecular weight excluding hydrogens is 184 g/mol. The second kappa shape index (κ2) is 5.89. The van der Waals surface area contributed by atoms with Crippen LogP contribution in [-0.2, 0) is 0 Å². The highest BCUT2D eigenvalue weighted by Gasteiger charge is 2.09. The van der Waals surface area contributed by atoms with Crippen LogP contribution in [-0.4, -0.2) is 32.1 Å². The largest absolute Gasteiger partial charge is 0.330 e. The van der Waals surface area contributed by atoms with Crippen molar-refractivity contribution in [3.8, 4) is 0 Å². The summed E-state index contributed by atoms with van der Waals surface area (Å²) in [7, 11) is 4.20. The van der Waals surface area contributed by atoms with Crippen molar-refractivity contribution in [3.63, 3.8) is 0 Å². The van der Waals surface area contributed by atoms with Crippen LogP contribution in [0.5, 0.6) is 0 Å². The summed E-state index contributed by atoms with van der Waals surface area (Å²) in [4.78, 5) is 2.21. The van der Waals surface area contributed by atoms with Crippen molar-refractivity contribution in [1.82, 2.24) is 4.90 Å². The van der Waals surface area contributed by atoms with Crippen molar-refractivity contribution >= 4 is 0 Å². The number of benzene rings is 1. The highest BCUT2D eigenvalue weighted by atomic mass is 15.0. The fourth-order valence-corrected chi connectivity index (χ4v) is 1.67. The van der Waals surface area contributed by atoms with Crippen LogP contribution in [0.2, 0.25) is 0 Å². The molecule has 1 aromatic rings. The molecule has 0 aliphatic carbocycles. The smallest absolute Gasteiger partial charge is 0.000776 e. The zero-order chi connectivity index (χ0) is 11.3. The molecule has 0 spiro atoms. The van der Waals surface area contributed by atoms with Crippen molar-refractivity contribution in [2.75, 3.05) is 27.2 Å². The molecule has 1 atom stereocenters. The van der Waals surface area contributed by atoms with E-state index in [1.807, 2.05) is 0 Å². The van der Waals surface area contributed by atoms with Gasteiger partial charge in [0.1, 0.15) is 0 Å². The predicted molar refractivity (Wildman–Crippen MR) is 66.1 cm³/mol. The Balaban J connectivity index is 2.61. The lowest BCUT2D eigenvalue weighted by atomic mass is 9.95. The molecule has 84 valence electrons. The first-order chi connectivity index (χ1) is 7.13. The normalized spacial score (nSPS) is 13.1. The van der Waals surface area contributed by atoms with Crippen molar-refractivity contribution in [1.29, 1.82) is 0 Å². The SMILES string of the molecule is Cc1ccc(C(CN)CCN(C)C)cc1. The van der Waals surface area contributed by atoms with E-state index in [1.165, 1.54) is 11.1 Å². The van der Waals surface area contributed by atoms with E-state index in [-0.39, 0.29) is 0 Å². The zero-order valence-electron chi connectivity index (χ0n) is 10.0. The second-order valence-corrected chi connectivity index (χ2v) is 4.44. The number of hydrogen-bond donors (Lipinski definition) is 1. The lowest BCUT2D eigenvalue weighted by Gasteiger charge is -2.18. The van der Waals surface area contributed by atoms with Gasteiger partial charge in [-0.2, -0.15) is 0 Å². The molecule has 0 heterocycles. The molecule has 0 saturated carbocycles. The molecule has 0 amide bonds. The Morgan fingerprint density at radius 1 is 1.20 bits per heavy atom. The monoisotopic (exact) mass is 206 g/mol. The quantitative estimate of drug-likeness (QED) is 0.798. The standard InChI is InChI=1S/C13H22N2/c1-11-4-6-12(7-5-11)13(10-14)8-9-15(2)3/h4-7,13H,8-10,14H2,1-3H3. The van der Waals surface area contributed by atoms with E-state index in [0.717, 1.165) is 19.5 Å². The van der Waals surface area contributed by atoms with Crippen LogP contribution in [0, 0.1) is 6.92 Å². The molecule has 0 fully saturated rings. The van der Waals surface area contributed by atoms with Crippen molar-refractivity contribution in [3.05, 3.63) is 35.4 Å². The van der Waals surface area contributed by atoms with Crippen molar-refractivity contribution < 1.29 is 0 Å². The van der Waals surface area contributed by atoms with E-state index >= 15 is 0 Å². The second-order valence-electron chi connectivity index (χ2n) is 4.44. The maximum absolute atomic E-state index is 5.81. The summed E-state index contributed by atoms with van der Waals surface area (Å²) in [6.07, 6.45) is 1.13. The van der Waals surface area contributed by atoms with Gasteiger partial charge in [-0.1, -0.05) is 29.8 Å². The third-order valence-corrected chi connectivity index (χ3v) is 2.76. The Labute approximate surface area is 93.1 Å². The van der Waals surface area contributed by atoms with Crippen LogP contribution in [0.15, 0.2) is 24.3 Å². The minimum absolute atomic E-state index is 0.494. The highest BCUT2D eigenvalue weighted by molar-refractivity contribution is 5.24. The van der Waals surface area contributed by atoms with Crippen LogP contribution in [0.3, 0.4) is 0 Å². The molecule has 0 aliphatic heterocycles. The molecule has 1 unspecified atom stereocenters. The van der Waals surface area contributed by atoms with Gasteiger partial charge < -0.3 is 10.6 Å². The Bertz CT molecular complexity index is 277. The first kappa shape index (κ1) is 12.2. The molecule has 1 rings (SSSR count). The molecule has 0 bridgehead atoms. The fraction of sp³-hybridized carbons (Fsp3) is 0.538. The summed E-state index contributed by atoms with van der Waals surface area (Å²) >= 11 is 0. The number of nitrogens with zero attached hydrogens (tertiary/aromatic N) is 1. The summed E-state index contributed by atoms with van der Waals surface area (Å²) in [5, 5.41) is 0. The molecular formula is C13H22N2. The molecule has 0 aliphatic rings. The van der Waals surface area contributed by atoms with Crippen LogP contribution in [0.1, 0.15) is 23.5 Å². The van der Waals surface area contributed by atoms with Gasteiger partial charge in [-0.3, -0.25) is 0 Å². The molecule has 2 nitrogen and oxygen atoms in total. The number of hydrogen-bond acceptors (Lipinski definition) is 2. The maximum Gasteiger partial charge on any atom is -0.000776 e. The summed E-state index contributed by atoms with van der Waals surface area (Å²) in [6, 6.07) is 8.71. The van der Waals surface area contributed by atoms with Crippen LogP contribution < -0.4 is 5.73 Å². The third kappa shape index (κ3) is 4.02. The first-order valence-electron chi connectivity index (χ1n) is 5.55. The van der Waals surface area contributed by atoms with E-state index in [1.54, 1.807) is 0 Å². The van der Waals surface area contributed by atoms with E-state index in [4.69, 9.17) is 5.73 Å². The average Bonchev–Trinajstić information content (AvgIpc) is 2.21. The fourth-order valence-electron chi connectivity index (χ4n) is 1.67. The average molecular weight is 206 g/mol. The molecule has 0 radical (unpaired) electrons. The lowest BCUT2D eigenvalue weighted by Crippen LogP contribution is -2.20. The van der Waals surface area contributed by atoms with Gasteiger partial charge in [0.2, 0.25) is 0 Å². The Hall–Kier alpha value is -0.860. The van der Waals surface area contributed by atoms with Gasteiger partial charge in [0, 0.05) is 0 Å². The van der Waals surface area contributed by atoms with Crippen LogP contribution in [0.25, 0.3) is 0 Å². The minimum atomic E-state index is 0.494. The first-order valence-corrected chi connectivity index (χ1v) is 5.55. The Morgan fingerprint density at radius 2 is 1.80 bits per heavy atom. The molecule has 0 aromatic heterocycles. The van der Waals surface area contributed by atoms with Crippen LogP contribution in [0.4, 0.5) is 0 Å². The Kier molecular flexibility index (Phi) is 4.79. The van der Waals surface area contributed by atoms with Gasteiger partial charge in [-0.05, 0) is 52.0 Å². The summed E-state index contributed by atoms with van der Waals surface area (Å²) in [6.45, 7) is 3.94. The molecule has 2 N–H and O–H groups in total. The topological polar surface area (TPSA) is 29.3 Å². The van der Waals surface area contributed by atoms with E-state index in [0.29, 0.717) is 5.92 Å². The van der Waals surface area contributed by atoms with Crippen LogP contribution >= 0.6 is 0 Å². The number of rotatable bonds is 5. The maximum atomic E-state index is 5.81. The van der Waals surface area contributed by atoms with Crippen molar-refractivity contribution in [2.24, 2.45) is 5.73 Å². The number of aryl methyl sites for hydroxylation is 1. The van der Waals surface area contributed by atoms with E-state index in [9.17, 15) is 0 Å². The lowest BCUT2D eigenvalue weighted by molar-refractivity contribution is 0.382. The zero-order valence-corrected chi connectivity index (χ0v) is 10.0. The Morgan fingerprint density at radius 3 is 2.27 bits per heavy atom. The number of nitrogens with two attached hydrogens (primary N) is 1. The van der Waals surface area contributed by atoms with Gasteiger partial charge in [0.05, 0.1) is 0 Å². The third-order valence-electron chi connectivity index (χ3n) is 2.76. The van der Waals surface area contributed by atoms with Gasteiger partial charge in [0.25, 0.3) is 0 Å². The van der Waals surface area contributed by atoms with Gasteiger partial charge in [-0.25, -0.2) is 0 Å². The summed E-state index contributed by atoms with van der Waals surface area (Å²) < 4.78 is 0. The van der Waals surface area contributed by atoms with E-state index < -0.39 is 0 Å². The summed E-state index contributed by atoms with van der Waals surface area (Å²) in [5.74, 6) is 0.494. The predicted octanol–water partition coefficient (Wildman–Crippen LogP) is 1.99. The van der Waals surface area contributed by atoms with Gasteiger partial charge >= 0.3 is 0 Å². The van der Waals surface area contributed by atoms with E-state index in [2.05, 4.69) is 50.2 Å². The minimum Gasteiger partial charge on any atom is -0.330 e. The highest BCUT2D eigenvalue weighted by Crippen LogP contribution is 2.18. The van der Waals surface area contributed by atoms with Crippen molar-refractivity contribution in [2.45, 2.75) is 19.3 Å². The van der Waals surface area contributed by atoms with Gasteiger partial charge in [-0.15, -0.1) is 0 Å².